The van der Waals surface area contributed by atoms with E-state index in [1.54, 1.807) is 17.0 Å². The first-order valence-corrected chi connectivity index (χ1v) is 9.41. The quantitative estimate of drug-likeness (QED) is 0.659. The van der Waals surface area contributed by atoms with Crippen LogP contribution in [0.1, 0.15) is 42.3 Å². The molecule has 0 aliphatic heterocycles. The molecule has 0 aromatic heterocycles. The third kappa shape index (κ3) is 5.73. The molecule has 0 spiro atoms. The lowest BCUT2D eigenvalue weighted by atomic mass is 10.0. The van der Waals surface area contributed by atoms with Crippen LogP contribution >= 0.6 is 0 Å². The molecule has 0 saturated heterocycles. The smallest absolute Gasteiger partial charge is 0.338 e. The second kappa shape index (κ2) is 9.45. The van der Waals surface area contributed by atoms with Gasteiger partial charge in [-0.25, -0.2) is 4.79 Å². The molecule has 0 bridgehead atoms. The number of esters is 1. The maximum absolute atomic E-state index is 12.8. The van der Waals surface area contributed by atoms with Gasteiger partial charge < -0.3 is 19.1 Å². The van der Waals surface area contributed by atoms with E-state index in [1.165, 1.54) is 14.2 Å². The third-order valence-electron chi connectivity index (χ3n) is 4.61. The largest absolute Gasteiger partial charge is 0.496 e. The topological polar surface area (TPSA) is 65.1 Å². The van der Waals surface area contributed by atoms with Crippen molar-refractivity contribution in [3.05, 3.63) is 59.2 Å². The summed E-state index contributed by atoms with van der Waals surface area (Å²) in [5.74, 6) is 0.162. The zero-order chi connectivity index (χ0) is 21.6. The van der Waals surface area contributed by atoms with Crippen molar-refractivity contribution in [2.24, 2.45) is 0 Å². The Hall–Kier alpha value is -3.02. The number of ether oxygens (including phenoxy) is 3. The van der Waals surface area contributed by atoms with Gasteiger partial charge in [0.2, 0.25) is 0 Å². The number of hydrogen-bond donors (Lipinski definition) is 0. The van der Waals surface area contributed by atoms with Crippen molar-refractivity contribution < 1.29 is 23.8 Å². The van der Waals surface area contributed by atoms with E-state index in [0.29, 0.717) is 18.0 Å². The second-order valence-corrected chi connectivity index (χ2v) is 7.72. The molecule has 2 aromatic rings. The summed E-state index contributed by atoms with van der Waals surface area (Å²) in [6, 6.07) is 12.9. The summed E-state index contributed by atoms with van der Waals surface area (Å²) in [6.45, 7) is 7.78. The van der Waals surface area contributed by atoms with E-state index < -0.39 is 11.5 Å². The Morgan fingerprint density at radius 1 is 0.966 bits per heavy atom. The molecule has 0 heterocycles. The van der Waals surface area contributed by atoms with E-state index >= 15 is 0 Å². The van der Waals surface area contributed by atoms with Crippen LogP contribution in [0, 0.1) is 6.92 Å². The average Bonchev–Trinajstić information content (AvgIpc) is 2.70. The first-order chi connectivity index (χ1) is 13.7. The van der Waals surface area contributed by atoms with Crippen LogP contribution in [0.15, 0.2) is 42.5 Å². The van der Waals surface area contributed by atoms with Crippen LogP contribution < -0.4 is 9.47 Å². The van der Waals surface area contributed by atoms with Crippen LogP contribution in [0.3, 0.4) is 0 Å². The summed E-state index contributed by atoms with van der Waals surface area (Å²) in [5.41, 5.74) is 1.64. The van der Waals surface area contributed by atoms with Gasteiger partial charge in [0.05, 0.1) is 19.8 Å². The molecule has 0 aliphatic rings. The maximum Gasteiger partial charge on any atom is 0.338 e. The summed E-state index contributed by atoms with van der Waals surface area (Å²) in [7, 11) is 3.04. The lowest BCUT2D eigenvalue weighted by molar-refractivity contribution is -0.140. The molecule has 1 amide bonds. The minimum absolute atomic E-state index is 0.263. The first-order valence-electron chi connectivity index (χ1n) is 9.41. The number of amides is 1. The Kier molecular flexibility index (Phi) is 7.26. The molecule has 29 heavy (non-hydrogen) atoms. The van der Waals surface area contributed by atoms with Gasteiger partial charge in [0.25, 0.3) is 5.91 Å². The van der Waals surface area contributed by atoms with Crippen molar-refractivity contribution in [1.29, 1.82) is 0 Å². The highest BCUT2D eigenvalue weighted by molar-refractivity contribution is 5.92. The number of carbonyl (C=O) groups excluding carboxylic acids is 2. The molecule has 0 saturated carbocycles. The highest BCUT2D eigenvalue weighted by atomic mass is 16.5. The Morgan fingerprint density at radius 2 is 1.52 bits per heavy atom. The number of carbonyl (C=O) groups is 2. The van der Waals surface area contributed by atoms with Gasteiger partial charge in [-0.1, -0.05) is 30.3 Å². The number of methoxy groups -OCH3 is 2. The van der Waals surface area contributed by atoms with Gasteiger partial charge in [0.15, 0.2) is 6.61 Å². The zero-order valence-corrected chi connectivity index (χ0v) is 17.9. The van der Waals surface area contributed by atoms with E-state index in [-0.39, 0.29) is 18.1 Å². The predicted octanol–water partition coefficient (Wildman–Crippen LogP) is 4.00. The molecule has 6 nitrogen and oxygen atoms in total. The molecule has 0 fully saturated rings. The summed E-state index contributed by atoms with van der Waals surface area (Å²) < 4.78 is 15.9. The minimum atomic E-state index is -0.608. The monoisotopic (exact) mass is 399 g/mol. The fourth-order valence-electron chi connectivity index (χ4n) is 2.96. The molecular weight excluding hydrogens is 370 g/mol. The van der Waals surface area contributed by atoms with Gasteiger partial charge in [-0.15, -0.1) is 0 Å². The number of nitrogens with zero attached hydrogens (tertiary/aromatic N) is 1. The normalized spacial score (nSPS) is 11.0. The van der Waals surface area contributed by atoms with Crippen LogP contribution in [-0.2, 0) is 16.1 Å². The van der Waals surface area contributed by atoms with E-state index in [2.05, 4.69) is 0 Å². The Labute approximate surface area is 172 Å². The molecule has 156 valence electrons. The molecule has 0 unspecified atom stereocenters. The molecule has 0 atom stereocenters. The molecule has 2 rings (SSSR count). The van der Waals surface area contributed by atoms with Gasteiger partial charge in [0, 0.05) is 17.6 Å². The number of hydrogen-bond acceptors (Lipinski definition) is 5. The van der Waals surface area contributed by atoms with Crippen LogP contribution in [0.2, 0.25) is 0 Å². The molecule has 0 radical (unpaired) electrons. The van der Waals surface area contributed by atoms with Crippen LogP contribution in [-0.4, -0.2) is 43.1 Å². The van der Waals surface area contributed by atoms with Crippen LogP contribution in [0.4, 0.5) is 0 Å². The van der Waals surface area contributed by atoms with E-state index in [9.17, 15) is 9.59 Å². The SMILES string of the molecule is COc1cc(C(=O)OCC(=O)N(Cc2ccccc2)C(C)(C)C)cc(OC)c1C. The Morgan fingerprint density at radius 3 is 2.00 bits per heavy atom. The molecule has 6 heteroatoms. The number of benzene rings is 2. The zero-order valence-electron chi connectivity index (χ0n) is 17.9. The lowest BCUT2D eigenvalue weighted by Crippen LogP contribution is -2.46. The standard InChI is InChI=1S/C23H29NO5/c1-16-19(27-5)12-18(13-20(16)28-6)22(26)29-15-21(25)24(23(2,3)4)14-17-10-8-7-9-11-17/h7-13H,14-15H2,1-6H3. The van der Waals surface area contributed by atoms with E-state index in [0.717, 1.165) is 11.1 Å². The minimum Gasteiger partial charge on any atom is -0.496 e. The number of rotatable bonds is 7. The summed E-state index contributed by atoms with van der Waals surface area (Å²) in [4.78, 5) is 27.1. The third-order valence-corrected chi connectivity index (χ3v) is 4.61. The Balaban J connectivity index is 2.12. The van der Waals surface area contributed by atoms with Crippen LogP contribution in [0.25, 0.3) is 0 Å². The fourth-order valence-corrected chi connectivity index (χ4v) is 2.96. The highest BCUT2D eigenvalue weighted by Gasteiger charge is 2.27. The fraction of sp³-hybridized carbons (Fsp3) is 0.391. The van der Waals surface area contributed by atoms with Crippen molar-refractivity contribution in [2.45, 2.75) is 39.8 Å². The predicted molar refractivity (Wildman–Crippen MR) is 111 cm³/mol. The van der Waals surface area contributed by atoms with Crippen LogP contribution in [0.5, 0.6) is 11.5 Å². The van der Waals surface area contributed by atoms with Gasteiger partial charge >= 0.3 is 5.97 Å². The molecule has 2 aromatic carbocycles. The van der Waals surface area contributed by atoms with Crippen molar-refractivity contribution in [2.75, 3.05) is 20.8 Å². The van der Waals surface area contributed by atoms with Crippen molar-refractivity contribution >= 4 is 11.9 Å². The molecule has 0 aliphatic carbocycles. The molecule has 0 N–H and O–H groups in total. The Bertz CT molecular complexity index is 830. The van der Waals surface area contributed by atoms with Crippen molar-refractivity contribution in [3.8, 4) is 11.5 Å². The van der Waals surface area contributed by atoms with Gasteiger partial charge in [-0.05, 0) is 45.4 Å². The highest BCUT2D eigenvalue weighted by Crippen LogP contribution is 2.29. The van der Waals surface area contributed by atoms with Crippen molar-refractivity contribution in [3.63, 3.8) is 0 Å². The summed E-state index contributed by atoms with van der Waals surface area (Å²) >= 11 is 0. The van der Waals surface area contributed by atoms with Crippen molar-refractivity contribution in [1.82, 2.24) is 4.90 Å². The average molecular weight is 399 g/mol. The van der Waals surface area contributed by atoms with E-state index in [4.69, 9.17) is 14.2 Å². The summed E-state index contributed by atoms with van der Waals surface area (Å²) in [5, 5.41) is 0. The maximum atomic E-state index is 12.8. The van der Waals surface area contributed by atoms with E-state index in [1.807, 2.05) is 58.0 Å². The van der Waals surface area contributed by atoms with Gasteiger partial charge in [0.1, 0.15) is 11.5 Å². The van der Waals surface area contributed by atoms with Gasteiger partial charge in [-0.2, -0.15) is 0 Å². The second-order valence-electron chi connectivity index (χ2n) is 7.72. The van der Waals surface area contributed by atoms with Gasteiger partial charge in [-0.3, -0.25) is 4.79 Å². The lowest BCUT2D eigenvalue weighted by Gasteiger charge is -2.35. The molecular formula is C23H29NO5. The first kappa shape index (κ1) is 22.3. The summed E-state index contributed by atoms with van der Waals surface area (Å²) in [6.07, 6.45) is 0.